The molecule has 0 atom stereocenters. The van der Waals surface area contributed by atoms with Gasteiger partial charge in [0.25, 0.3) is 5.91 Å². The van der Waals surface area contributed by atoms with Crippen LogP contribution in [0.4, 0.5) is 0 Å². The molecule has 0 bridgehead atoms. The van der Waals surface area contributed by atoms with E-state index in [1.54, 1.807) is 11.3 Å². The van der Waals surface area contributed by atoms with Gasteiger partial charge < -0.3 is 11.1 Å². The van der Waals surface area contributed by atoms with Gasteiger partial charge in [0.2, 0.25) is 0 Å². The summed E-state index contributed by atoms with van der Waals surface area (Å²) in [6.45, 7) is 3.63. The minimum absolute atomic E-state index is 0.0813. The first-order valence-corrected chi connectivity index (χ1v) is 6.86. The summed E-state index contributed by atoms with van der Waals surface area (Å²) in [5.41, 5.74) is 6.28. The third-order valence-corrected chi connectivity index (χ3v) is 4.76. The van der Waals surface area contributed by atoms with Gasteiger partial charge in [0.15, 0.2) is 0 Å². The molecular weight excluding hydrogens is 252 g/mol. The summed E-state index contributed by atoms with van der Waals surface area (Å²) in [5.74, 6) is -0.0813. The van der Waals surface area contributed by atoms with Crippen molar-refractivity contribution < 1.29 is 4.79 Å². The van der Waals surface area contributed by atoms with Crippen molar-refractivity contribution in [2.45, 2.75) is 38.6 Å². The van der Waals surface area contributed by atoms with Crippen LogP contribution in [0.1, 0.15) is 40.4 Å². The van der Waals surface area contributed by atoms with Crippen LogP contribution in [-0.2, 0) is 12.8 Å². The maximum Gasteiger partial charge on any atom is 0.262 e. The van der Waals surface area contributed by atoms with Crippen LogP contribution >= 0.6 is 23.6 Å². The number of hydrogen-bond acceptors (Lipinski definition) is 3. The van der Waals surface area contributed by atoms with Gasteiger partial charge in [-0.05, 0) is 44.7 Å². The quantitative estimate of drug-likeness (QED) is 0.825. The summed E-state index contributed by atoms with van der Waals surface area (Å²) in [6, 6.07) is 2.00. The zero-order chi connectivity index (χ0) is 12.6. The fourth-order valence-corrected chi connectivity index (χ4v) is 3.05. The molecule has 1 heterocycles. The molecule has 5 heteroatoms. The van der Waals surface area contributed by atoms with E-state index in [1.807, 2.05) is 19.9 Å². The van der Waals surface area contributed by atoms with Crippen molar-refractivity contribution in [1.82, 2.24) is 5.32 Å². The Bertz CT molecular complexity index is 455. The Balaban J connectivity index is 2.12. The zero-order valence-electron chi connectivity index (χ0n) is 10.0. The molecule has 1 aromatic rings. The van der Waals surface area contributed by atoms with Crippen LogP contribution in [0, 0.1) is 0 Å². The number of thiocarbonyl (C=S) groups is 1. The van der Waals surface area contributed by atoms with E-state index in [4.69, 9.17) is 18.0 Å². The summed E-state index contributed by atoms with van der Waals surface area (Å²) in [7, 11) is 0. The molecule has 1 aliphatic rings. The lowest BCUT2D eigenvalue weighted by atomic mass is 10.1. The van der Waals surface area contributed by atoms with Crippen molar-refractivity contribution in [3.05, 3.63) is 21.4 Å². The van der Waals surface area contributed by atoms with Crippen LogP contribution in [0.25, 0.3) is 0 Å². The van der Waals surface area contributed by atoms with E-state index in [1.165, 1.54) is 16.9 Å². The van der Waals surface area contributed by atoms with Gasteiger partial charge in [0.05, 0.1) is 15.4 Å². The standard InChI is InChI=1S/C12H16N2OS2/c1-12(2,11(13)16)14-10(15)9-6-7-4-3-5-8(7)17-9/h6H,3-5H2,1-2H3,(H2,13,16)(H,14,15). The molecule has 0 saturated carbocycles. The van der Waals surface area contributed by atoms with Crippen molar-refractivity contribution in [3.8, 4) is 0 Å². The highest BCUT2D eigenvalue weighted by atomic mass is 32.1. The maximum atomic E-state index is 12.1. The molecule has 17 heavy (non-hydrogen) atoms. The highest BCUT2D eigenvalue weighted by molar-refractivity contribution is 7.80. The van der Waals surface area contributed by atoms with Crippen molar-refractivity contribution in [2.75, 3.05) is 0 Å². The van der Waals surface area contributed by atoms with Crippen LogP contribution in [0.5, 0.6) is 0 Å². The molecule has 0 spiro atoms. The van der Waals surface area contributed by atoms with Gasteiger partial charge in [-0.25, -0.2) is 0 Å². The molecule has 0 aromatic carbocycles. The van der Waals surface area contributed by atoms with E-state index in [9.17, 15) is 4.79 Å². The molecule has 2 rings (SSSR count). The van der Waals surface area contributed by atoms with Crippen molar-refractivity contribution >= 4 is 34.5 Å². The summed E-state index contributed by atoms with van der Waals surface area (Å²) in [5, 5.41) is 2.87. The number of hydrogen-bond donors (Lipinski definition) is 2. The summed E-state index contributed by atoms with van der Waals surface area (Å²) in [4.78, 5) is 14.5. The van der Waals surface area contributed by atoms with Crippen LogP contribution in [0.15, 0.2) is 6.07 Å². The van der Waals surface area contributed by atoms with Gasteiger partial charge >= 0.3 is 0 Å². The Hall–Kier alpha value is -0.940. The van der Waals surface area contributed by atoms with Crippen molar-refractivity contribution in [3.63, 3.8) is 0 Å². The molecule has 3 nitrogen and oxygen atoms in total. The van der Waals surface area contributed by atoms with Gasteiger partial charge in [-0.15, -0.1) is 11.3 Å². The number of carbonyl (C=O) groups is 1. The Morgan fingerprint density at radius 2 is 2.24 bits per heavy atom. The number of thiophene rings is 1. The normalized spacial score (nSPS) is 14.5. The number of rotatable bonds is 3. The minimum Gasteiger partial charge on any atom is -0.391 e. The van der Waals surface area contributed by atoms with Crippen molar-refractivity contribution in [2.24, 2.45) is 5.73 Å². The average Bonchev–Trinajstić information content (AvgIpc) is 2.74. The number of nitrogens with two attached hydrogens (primary N) is 1. The highest BCUT2D eigenvalue weighted by Crippen LogP contribution is 2.30. The van der Waals surface area contributed by atoms with E-state index >= 15 is 0 Å². The lowest BCUT2D eigenvalue weighted by molar-refractivity contribution is 0.0936. The van der Waals surface area contributed by atoms with Gasteiger partial charge in [0.1, 0.15) is 0 Å². The van der Waals surface area contributed by atoms with Gasteiger partial charge in [-0.2, -0.15) is 0 Å². The summed E-state index contributed by atoms with van der Waals surface area (Å²) in [6.07, 6.45) is 3.41. The third-order valence-electron chi connectivity index (χ3n) is 3.01. The van der Waals surface area contributed by atoms with E-state index < -0.39 is 5.54 Å². The molecule has 1 amide bonds. The molecule has 0 fully saturated rings. The number of carbonyl (C=O) groups excluding carboxylic acids is 1. The first kappa shape index (κ1) is 12.5. The minimum atomic E-state index is -0.638. The summed E-state index contributed by atoms with van der Waals surface area (Å²) >= 11 is 6.52. The molecule has 1 aromatic heterocycles. The first-order chi connectivity index (χ1) is 7.90. The Morgan fingerprint density at radius 3 is 2.82 bits per heavy atom. The fourth-order valence-electron chi connectivity index (χ4n) is 1.85. The van der Waals surface area contributed by atoms with E-state index in [-0.39, 0.29) is 5.91 Å². The lowest BCUT2D eigenvalue weighted by Gasteiger charge is -2.24. The van der Waals surface area contributed by atoms with Gasteiger partial charge in [-0.3, -0.25) is 4.79 Å². The molecule has 0 unspecified atom stereocenters. The molecule has 1 aliphatic carbocycles. The van der Waals surface area contributed by atoms with Crippen LogP contribution in [-0.4, -0.2) is 16.4 Å². The maximum absolute atomic E-state index is 12.1. The predicted octanol–water partition coefficient (Wildman–Crippen LogP) is 2.03. The third kappa shape index (κ3) is 2.50. The lowest BCUT2D eigenvalue weighted by Crippen LogP contribution is -2.52. The SMILES string of the molecule is CC(C)(NC(=O)c1cc2c(s1)CCC2)C(N)=S. The molecule has 0 aliphatic heterocycles. The highest BCUT2D eigenvalue weighted by Gasteiger charge is 2.26. The average molecular weight is 268 g/mol. The fraction of sp³-hybridized carbons (Fsp3) is 0.500. The molecular formula is C12H16N2OS2. The van der Waals surface area contributed by atoms with Gasteiger partial charge in [0, 0.05) is 4.88 Å². The van der Waals surface area contributed by atoms with E-state index in [0.29, 0.717) is 4.99 Å². The second-order valence-corrected chi connectivity index (χ2v) is 6.43. The molecule has 92 valence electrons. The van der Waals surface area contributed by atoms with E-state index in [2.05, 4.69) is 5.32 Å². The number of amides is 1. The number of aryl methyl sites for hydroxylation is 2. The Kier molecular flexibility index (Phi) is 3.23. The summed E-state index contributed by atoms with van der Waals surface area (Å²) < 4.78 is 0. The first-order valence-electron chi connectivity index (χ1n) is 5.64. The molecule has 3 N–H and O–H groups in total. The van der Waals surface area contributed by atoms with Crippen LogP contribution in [0.3, 0.4) is 0 Å². The zero-order valence-corrected chi connectivity index (χ0v) is 11.6. The number of fused-ring (bicyclic) bond motifs is 1. The van der Waals surface area contributed by atoms with Crippen LogP contribution < -0.4 is 11.1 Å². The largest absolute Gasteiger partial charge is 0.391 e. The Labute approximate surface area is 110 Å². The Morgan fingerprint density at radius 1 is 1.53 bits per heavy atom. The molecule has 0 saturated heterocycles. The van der Waals surface area contributed by atoms with Gasteiger partial charge in [-0.1, -0.05) is 12.2 Å². The second-order valence-electron chi connectivity index (χ2n) is 4.86. The monoisotopic (exact) mass is 268 g/mol. The number of nitrogens with one attached hydrogen (secondary N) is 1. The topological polar surface area (TPSA) is 55.1 Å². The molecule has 0 radical (unpaired) electrons. The van der Waals surface area contributed by atoms with E-state index in [0.717, 1.165) is 17.7 Å². The predicted molar refractivity (Wildman–Crippen MR) is 74.7 cm³/mol. The smallest absolute Gasteiger partial charge is 0.262 e. The van der Waals surface area contributed by atoms with Crippen molar-refractivity contribution in [1.29, 1.82) is 0 Å². The second kappa shape index (κ2) is 4.38. The van der Waals surface area contributed by atoms with Crippen LogP contribution in [0.2, 0.25) is 0 Å².